The van der Waals surface area contributed by atoms with Crippen LogP contribution < -0.4 is 10.3 Å². The second-order valence-electron chi connectivity index (χ2n) is 7.77. The van der Waals surface area contributed by atoms with Crippen molar-refractivity contribution in [3.05, 3.63) is 57.4 Å². The Morgan fingerprint density at radius 3 is 2.93 bits per heavy atom. The first-order valence-electron chi connectivity index (χ1n) is 9.59. The fourth-order valence-electron chi connectivity index (χ4n) is 4.67. The van der Waals surface area contributed by atoms with Crippen molar-refractivity contribution >= 4 is 16.8 Å². The minimum Gasteiger partial charge on any atom is -0.497 e. The zero-order valence-electron chi connectivity index (χ0n) is 15.9. The van der Waals surface area contributed by atoms with E-state index in [0.717, 1.165) is 40.8 Å². The highest BCUT2D eigenvalue weighted by molar-refractivity contribution is 5.98. The number of methoxy groups -OCH3 is 1. The SMILES string of the molecule is COc1ccc2cc(C(=O)N3C[C@H]4CCc5c(nc(C)[nH]c5=O)[C@H]4C3)[nH]c2c1. The normalized spacial score (nSPS) is 20.9. The first kappa shape index (κ1) is 17.0. The number of carbonyl (C=O) groups excluding carboxylic acids is 1. The van der Waals surface area contributed by atoms with Crippen LogP contribution in [0.1, 0.15) is 39.9 Å². The molecule has 0 spiro atoms. The van der Waals surface area contributed by atoms with Crippen LogP contribution in [-0.2, 0) is 6.42 Å². The van der Waals surface area contributed by atoms with Crippen molar-refractivity contribution in [1.29, 1.82) is 0 Å². The van der Waals surface area contributed by atoms with Gasteiger partial charge in [-0.1, -0.05) is 0 Å². The van der Waals surface area contributed by atoms with Gasteiger partial charge in [0.1, 0.15) is 17.3 Å². The van der Waals surface area contributed by atoms with Crippen LogP contribution in [0.4, 0.5) is 0 Å². The summed E-state index contributed by atoms with van der Waals surface area (Å²) in [6.45, 7) is 3.11. The van der Waals surface area contributed by atoms with E-state index in [4.69, 9.17) is 4.74 Å². The van der Waals surface area contributed by atoms with Gasteiger partial charge in [0.2, 0.25) is 0 Å². The topological polar surface area (TPSA) is 91.1 Å². The summed E-state index contributed by atoms with van der Waals surface area (Å²) < 4.78 is 5.26. The van der Waals surface area contributed by atoms with Crippen LogP contribution in [0.2, 0.25) is 0 Å². The van der Waals surface area contributed by atoms with Crippen LogP contribution >= 0.6 is 0 Å². The number of carbonyl (C=O) groups is 1. The van der Waals surface area contributed by atoms with E-state index in [1.54, 1.807) is 7.11 Å². The van der Waals surface area contributed by atoms with Gasteiger partial charge in [0.25, 0.3) is 11.5 Å². The minimum absolute atomic E-state index is 0.00678. The fraction of sp³-hybridized carbons (Fsp3) is 0.381. The first-order chi connectivity index (χ1) is 13.5. The number of hydrogen-bond acceptors (Lipinski definition) is 4. The van der Waals surface area contributed by atoms with Crippen molar-refractivity contribution in [3.8, 4) is 5.75 Å². The highest BCUT2D eigenvalue weighted by Gasteiger charge is 2.41. The molecule has 3 heterocycles. The van der Waals surface area contributed by atoms with Gasteiger partial charge in [-0.05, 0) is 43.9 Å². The van der Waals surface area contributed by atoms with Gasteiger partial charge in [-0.15, -0.1) is 0 Å². The van der Waals surface area contributed by atoms with E-state index < -0.39 is 0 Å². The maximum Gasteiger partial charge on any atom is 0.270 e. The molecule has 1 aliphatic carbocycles. The maximum absolute atomic E-state index is 13.1. The van der Waals surface area contributed by atoms with Crippen molar-refractivity contribution in [2.75, 3.05) is 20.2 Å². The van der Waals surface area contributed by atoms with Gasteiger partial charge in [-0.25, -0.2) is 4.98 Å². The van der Waals surface area contributed by atoms with E-state index in [9.17, 15) is 9.59 Å². The Hall–Kier alpha value is -3.09. The van der Waals surface area contributed by atoms with Gasteiger partial charge in [-0.3, -0.25) is 9.59 Å². The summed E-state index contributed by atoms with van der Waals surface area (Å²) in [4.78, 5) is 37.9. The molecule has 1 saturated heterocycles. The zero-order chi connectivity index (χ0) is 19.4. The molecule has 7 heteroatoms. The van der Waals surface area contributed by atoms with Gasteiger partial charge in [-0.2, -0.15) is 0 Å². The molecule has 2 atom stereocenters. The Morgan fingerprint density at radius 1 is 1.25 bits per heavy atom. The number of nitrogens with one attached hydrogen (secondary N) is 2. The second-order valence-corrected chi connectivity index (χ2v) is 7.77. The van der Waals surface area contributed by atoms with E-state index in [2.05, 4.69) is 15.0 Å². The lowest BCUT2D eigenvalue weighted by Crippen LogP contribution is -2.29. The molecule has 7 nitrogen and oxygen atoms in total. The average Bonchev–Trinajstić information content (AvgIpc) is 3.30. The molecule has 0 bridgehead atoms. The lowest BCUT2D eigenvalue weighted by Gasteiger charge is -2.25. The summed E-state index contributed by atoms with van der Waals surface area (Å²) in [5.41, 5.74) is 3.11. The summed E-state index contributed by atoms with van der Waals surface area (Å²) in [6, 6.07) is 7.61. The molecule has 28 heavy (non-hydrogen) atoms. The zero-order valence-corrected chi connectivity index (χ0v) is 15.9. The van der Waals surface area contributed by atoms with E-state index in [1.807, 2.05) is 36.1 Å². The van der Waals surface area contributed by atoms with Crippen molar-refractivity contribution in [3.63, 3.8) is 0 Å². The van der Waals surface area contributed by atoms with Gasteiger partial charge < -0.3 is 19.6 Å². The lowest BCUT2D eigenvalue weighted by atomic mass is 9.80. The number of likely N-dealkylation sites (tertiary alicyclic amines) is 1. The van der Waals surface area contributed by atoms with Gasteiger partial charge in [0.05, 0.1) is 12.8 Å². The molecule has 1 aliphatic heterocycles. The Labute approximate surface area is 161 Å². The predicted molar refractivity (Wildman–Crippen MR) is 105 cm³/mol. The second kappa shape index (κ2) is 6.22. The molecule has 5 rings (SSSR count). The van der Waals surface area contributed by atoms with Crippen LogP contribution in [-0.4, -0.2) is 46.0 Å². The molecule has 1 amide bonds. The molecular formula is C21H22N4O3. The summed E-state index contributed by atoms with van der Waals surface area (Å²) in [5.74, 6) is 1.88. The van der Waals surface area contributed by atoms with E-state index in [1.165, 1.54) is 0 Å². The highest BCUT2D eigenvalue weighted by Crippen LogP contribution is 2.40. The summed E-state index contributed by atoms with van der Waals surface area (Å²) in [7, 11) is 1.63. The quantitative estimate of drug-likeness (QED) is 0.716. The van der Waals surface area contributed by atoms with Crippen LogP contribution in [0.25, 0.3) is 10.9 Å². The Morgan fingerprint density at radius 2 is 2.11 bits per heavy atom. The molecule has 1 fully saturated rings. The molecule has 144 valence electrons. The number of nitrogens with zero attached hydrogens (tertiary/aromatic N) is 2. The summed E-state index contributed by atoms with van der Waals surface area (Å²) >= 11 is 0. The van der Waals surface area contributed by atoms with Crippen LogP contribution in [0, 0.1) is 12.8 Å². The predicted octanol–water partition coefficient (Wildman–Crippen LogP) is 2.37. The molecule has 2 N–H and O–H groups in total. The summed E-state index contributed by atoms with van der Waals surface area (Å²) in [5, 5.41) is 0.981. The van der Waals surface area contributed by atoms with Gasteiger partial charge in [0, 0.05) is 41.5 Å². The Balaban J connectivity index is 1.44. The number of rotatable bonds is 2. The monoisotopic (exact) mass is 378 g/mol. The number of aromatic nitrogens is 3. The van der Waals surface area contributed by atoms with E-state index in [0.29, 0.717) is 30.5 Å². The molecule has 1 aromatic carbocycles. The van der Waals surface area contributed by atoms with E-state index >= 15 is 0 Å². The lowest BCUT2D eigenvalue weighted by molar-refractivity contribution is 0.0781. The minimum atomic E-state index is -0.0321. The molecular weight excluding hydrogens is 356 g/mol. The first-order valence-corrected chi connectivity index (χ1v) is 9.59. The molecule has 0 saturated carbocycles. The third-order valence-electron chi connectivity index (χ3n) is 6.07. The van der Waals surface area contributed by atoms with Crippen molar-refractivity contribution in [1.82, 2.24) is 19.9 Å². The molecule has 0 radical (unpaired) electrons. The Kier molecular flexibility index (Phi) is 3.79. The number of ether oxygens (including phenoxy) is 1. The average molecular weight is 378 g/mol. The molecule has 2 aromatic heterocycles. The highest BCUT2D eigenvalue weighted by atomic mass is 16.5. The number of H-pyrrole nitrogens is 2. The number of benzene rings is 1. The largest absolute Gasteiger partial charge is 0.497 e. The number of aryl methyl sites for hydroxylation is 1. The van der Waals surface area contributed by atoms with Crippen LogP contribution in [0.15, 0.2) is 29.1 Å². The smallest absolute Gasteiger partial charge is 0.270 e. The van der Waals surface area contributed by atoms with Crippen molar-refractivity contribution < 1.29 is 9.53 Å². The maximum atomic E-state index is 13.1. The Bertz CT molecular complexity index is 1150. The number of aromatic amines is 2. The van der Waals surface area contributed by atoms with Crippen molar-refractivity contribution in [2.24, 2.45) is 5.92 Å². The number of hydrogen-bond donors (Lipinski definition) is 2. The van der Waals surface area contributed by atoms with Gasteiger partial charge >= 0.3 is 0 Å². The molecule has 0 unspecified atom stereocenters. The third-order valence-corrected chi connectivity index (χ3v) is 6.07. The number of amides is 1. The standard InChI is InChI=1S/C21H22N4O3/c1-11-22-19-15(20(26)23-11)6-4-13-9-25(10-16(13)19)21(27)18-7-12-3-5-14(28-2)8-17(12)24-18/h3,5,7-8,13,16,24H,4,6,9-10H2,1-2H3,(H,22,23,26)/t13-,16+/m1/s1. The van der Waals surface area contributed by atoms with E-state index in [-0.39, 0.29) is 17.4 Å². The van der Waals surface area contributed by atoms with Crippen LogP contribution in [0.3, 0.4) is 0 Å². The molecule has 2 aliphatic rings. The molecule has 3 aromatic rings. The third kappa shape index (κ3) is 2.61. The fourth-order valence-corrected chi connectivity index (χ4v) is 4.67. The number of fused-ring (bicyclic) bond motifs is 4. The summed E-state index contributed by atoms with van der Waals surface area (Å²) in [6.07, 6.45) is 1.65. The van der Waals surface area contributed by atoms with Crippen molar-refractivity contribution in [2.45, 2.75) is 25.7 Å². The van der Waals surface area contributed by atoms with Gasteiger partial charge in [0.15, 0.2) is 0 Å². The van der Waals surface area contributed by atoms with Crippen LogP contribution in [0.5, 0.6) is 5.75 Å².